The molecule has 1 unspecified atom stereocenters. The molecule has 1 aliphatic heterocycles. The van der Waals surface area contributed by atoms with Gasteiger partial charge in [0.25, 0.3) is 0 Å². The predicted octanol–water partition coefficient (Wildman–Crippen LogP) is 1.12. The average molecular weight is 292 g/mol. The van der Waals surface area contributed by atoms with E-state index in [1.165, 1.54) is 5.69 Å². The van der Waals surface area contributed by atoms with Gasteiger partial charge < -0.3 is 14.7 Å². The Kier molecular flexibility index (Phi) is 6.02. The minimum absolute atomic E-state index is 0.0761. The summed E-state index contributed by atoms with van der Waals surface area (Å²) in [6.07, 6.45) is -0.570. The highest BCUT2D eigenvalue weighted by atomic mass is 16.5. The van der Waals surface area contributed by atoms with Crippen molar-refractivity contribution in [3.05, 3.63) is 30.3 Å². The van der Waals surface area contributed by atoms with E-state index in [-0.39, 0.29) is 12.4 Å². The van der Waals surface area contributed by atoms with E-state index in [9.17, 15) is 9.90 Å². The molecule has 1 aromatic rings. The fourth-order valence-corrected chi connectivity index (χ4v) is 2.60. The zero-order valence-electron chi connectivity index (χ0n) is 12.6. The summed E-state index contributed by atoms with van der Waals surface area (Å²) in [4.78, 5) is 15.9. The fourth-order valence-electron chi connectivity index (χ4n) is 2.60. The van der Waals surface area contributed by atoms with E-state index in [1.54, 1.807) is 6.92 Å². The van der Waals surface area contributed by atoms with Crippen LogP contribution < -0.4 is 4.90 Å². The van der Waals surface area contributed by atoms with Crippen LogP contribution in [-0.4, -0.2) is 61.4 Å². The van der Waals surface area contributed by atoms with Crippen molar-refractivity contribution in [2.75, 3.05) is 44.2 Å². The van der Waals surface area contributed by atoms with Crippen LogP contribution in [0.1, 0.15) is 13.3 Å². The zero-order valence-corrected chi connectivity index (χ0v) is 12.6. The minimum atomic E-state index is -0.646. The number of hydrogen-bond acceptors (Lipinski definition) is 5. The first kappa shape index (κ1) is 15.8. The van der Waals surface area contributed by atoms with E-state index in [2.05, 4.69) is 21.9 Å². The van der Waals surface area contributed by atoms with Gasteiger partial charge in [0.15, 0.2) is 0 Å². The molecule has 0 saturated carbocycles. The van der Waals surface area contributed by atoms with Gasteiger partial charge in [-0.05, 0) is 19.1 Å². The zero-order chi connectivity index (χ0) is 15.1. The van der Waals surface area contributed by atoms with Crippen LogP contribution >= 0.6 is 0 Å². The first-order valence-corrected chi connectivity index (χ1v) is 7.55. The molecule has 5 nitrogen and oxygen atoms in total. The third kappa shape index (κ3) is 5.02. The molecule has 1 aliphatic rings. The van der Waals surface area contributed by atoms with Crippen molar-refractivity contribution in [2.24, 2.45) is 0 Å². The molecule has 116 valence electrons. The number of piperazine rings is 1. The Balaban J connectivity index is 1.73. The maximum atomic E-state index is 11.3. The summed E-state index contributed by atoms with van der Waals surface area (Å²) in [7, 11) is 0. The van der Waals surface area contributed by atoms with Crippen LogP contribution in [0.2, 0.25) is 0 Å². The smallest absolute Gasteiger partial charge is 0.308 e. The summed E-state index contributed by atoms with van der Waals surface area (Å²) in [5.74, 6) is -0.326. The molecule has 1 saturated heterocycles. The Bertz CT molecular complexity index is 430. The molecule has 1 N–H and O–H groups in total. The summed E-state index contributed by atoms with van der Waals surface area (Å²) in [5.41, 5.74) is 1.24. The highest BCUT2D eigenvalue weighted by Crippen LogP contribution is 2.15. The number of hydrogen-bond donors (Lipinski definition) is 1. The van der Waals surface area contributed by atoms with Gasteiger partial charge >= 0.3 is 5.97 Å². The van der Waals surface area contributed by atoms with Crippen LogP contribution in [0.25, 0.3) is 0 Å². The van der Waals surface area contributed by atoms with Gasteiger partial charge in [0.05, 0.1) is 19.1 Å². The molecule has 0 radical (unpaired) electrons. The van der Waals surface area contributed by atoms with Gasteiger partial charge in [-0.25, -0.2) is 0 Å². The maximum absolute atomic E-state index is 11.3. The number of ether oxygens (including phenoxy) is 1. The normalized spacial score (nSPS) is 17.5. The van der Waals surface area contributed by atoms with Crippen molar-refractivity contribution in [3.8, 4) is 0 Å². The Morgan fingerprint density at radius 1 is 1.24 bits per heavy atom. The SMILES string of the molecule is CCOC(=O)CC(O)CN1CCN(c2ccccc2)CC1. The van der Waals surface area contributed by atoms with Gasteiger partial charge in [-0.15, -0.1) is 0 Å². The number of benzene rings is 1. The molecule has 5 heteroatoms. The second kappa shape index (κ2) is 8.00. The van der Waals surface area contributed by atoms with E-state index < -0.39 is 6.10 Å². The molecule has 0 aromatic heterocycles. The highest BCUT2D eigenvalue weighted by Gasteiger charge is 2.20. The number of anilines is 1. The highest BCUT2D eigenvalue weighted by molar-refractivity contribution is 5.69. The monoisotopic (exact) mass is 292 g/mol. The van der Waals surface area contributed by atoms with Crippen LogP contribution in [0.5, 0.6) is 0 Å². The van der Waals surface area contributed by atoms with E-state index in [0.29, 0.717) is 13.2 Å². The average Bonchev–Trinajstić information content (AvgIpc) is 2.49. The van der Waals surface area contributed by atoms with Crippen molar-refractivity contribution >= 4 is 11.7 Å². The molecule has 1 atom stereocenters. The maximum Gasteiger partial charge on any atom is 0.308 e. The molecule has 0 bridgehead atoms. The van der Waals surface area contributed by atoms with E-state index in [1.807, 2.05) is 18.2 Å². The Morgan fingerprint density at radius 3 is 2.52 bits per heavy atom. The number of aliphatic hydroxyl groups excluding tert-OH is 1. The Morgan fingerprint density at radius 2 is 1.90 bits per heavy atom. The number of carbonyl (C=O) groups is 1. The number of para-hydroxylation sites is 1. The van der Waals surface area contributed by atoms with Gasteiger partial charge in [0, 0.05) is 38.4 Å². The Hall–Kier alpha value is -1.59. The first-order chi connectivity index (χ1) is 10.2. The number of nitrogens with zero attached hydrogens (tertiary/aromatic N) is 2. The van der Waals surface area contributed by atoms with Gasteiger partial charge in [-0.3, -0.25) is 9.69 Å². The predicted molar refractivity (Wildman–Crippen MR) is 82.4 cm³/mol. The summed E-state index contributed by atoms with van der Waals surface area (Å²) in [6.45, 7) is 6.34. The standard InChI is InChI=1S/C16H24N2O3/c1-2-21-16(20)12-15(19)13-17-8-10-18(11-9-17)14-6-4-3-5-7-14/h3-7,15,19H,2,8-13H2,1H3. The number of β-amino-alcohol motifs (C(OH)–C–C–N with tert-alkyl or cyclic N) is 1. The van der Waals surface area contributed by atoms with Gasteiger partial charge in [-0.2, -0.15) is 0 Å². The largest absolute Gasteiger partial charge is 0.466 e. The van der Waals surface area contributed by atoms with Crippen molar-refractivity contribution in [1.82, 2.24) is 4.90 Å². The minimum Gasteiger partial charge on any atom is -0.466 e. The second-order valence-corrected chi connectivity index (χ2v) is 5.29. The third-order valence-electron chi connectivity index (χ3n) is 3.67. The molecule has 1 heterocycles. The van der Waals surface area contributed by atoms with Gasteiger partial charge in [-0.1, -0.05) is 18.2 Å². The molecule has 2 rings (SSSR count). The molecule has 1 aromatic carbocycles. The lowest BCUT2D eigenvalue weighted by atomic mass is 10.2. The van der Waals surface area contributed by atoms with Crippen LogP contribution in [0.4, 0.5) is 5.69 Å². The number of carbonyl (C=O) groups excluding carboxylic acids is 1. The lowest BCUT2D eigenvalue weighted by molar-refractivity contribution is -0.145. The van der Waals surface area contributed by atoms with Crippen molar-refractivity contribution in [3.63, 3.8) is 0 Å². The van der Waals surface area contributed by atoms with Crippen molar-refractivity contribution in [2.45, 2.75) is 19.4 Å². The lowest BCUT2D eigenvalue weighted by Crippen LogP contribution is -2.48. The number of rotatable bonds is 6. The molecule has 0 spiro atoms. The Labute approximate surface area is 126 Å². The molecule has 1 fully saturated rings. The van der Waals surface area contributed by atoms with Crippen LogP contribution in [0, 0.1) is 0 Å². The lowest BCUT2D eigenvalue weighted by Gasteiger charge is -2.36. The molecule has 21 heavy (non-hydrogen) atoms. The summed E-state index contributed by atoms with van der Waals surface area (Å²) in [6, 6.07) is 10.3. The topological polar surface area (TPSA) is 53.0 Å². The summed E-state index contributed by atoms with van der Waals surface area (Å²) < 4.78 is 4.85. The quantitative estimate of drug-likeness (QED) is 0.796. The molecular weight excluding hydrogens is 268 g/mol. The van der Waals surface area contributed by atoms with Crippen LogP contribution in [0.15, 0.2) is 30.3 Å². The summed E-state index contributed by atoms with van der Waals surface area (Å²) in [5, 5.41) is 9.93. The molecular formula is C16H24N2O3. The first-order valence-electron chi connectivity index (χ1n) is 7.55. The van der Waals surface area contributed by atoms with Gasteiger partial charge in [0.1, 0.15) is 0 Å². The van der Waals surface area contributed by atoms with Crippen LogP contribution in [-0.2, 0) is 9.53 Å². The van der Waals surface area contributed by atoms with E-state index in [0.717, 1.165) is 26.2 Å². The number of aliphatic hydroxyl groups is 1. The van der Waals surface area contributed by atoms with Crippen molar-refractivity contribution in [1.29, 1.82) is 0 Å². The van der Waals surface area contributed by atoms with Gasteiger partial charge in [0.2, 0.25) is 0 Å². The van der Waals surface area contributed by atoms with Crippen molar-refractivity contribution < 1.29 is 14.6 Å². The van der Waals surface area contributed by atoms with E-state index >= 15 is 0 Å². The summed E-state index contributed by atoms with van der Waals surface area (Å²) >= 11 is 0. The van der Waals surface area contributed by atoms with E-state index in [4.69, 9.17) is 4.74 Å². The fraction of sp³-hybridized carbons (Fsp3) is 0.562. The third-order valence-corrected chi connectivity index (χ3v) is 3.67. The number of esters is 1. The molecule has 0 aliphatic carbocycles. The molecule has 0 amide bonds. The second-order valence-electron chi connectivity index (χ2n) is 5.29. The van der Waals surface area contributed by atoms with Crippen LogP contribution in [0.3, 0.4) is 0 Å².